The summed E-state index contributed by atoms with van der Waals surface area (Å²) >= 11 is 0. The van der Waals surface area contributed by atoms with E-state index in [9.17, 15) is 0 Å². The molecule has 1 aliphatic heterocycles. The van der Waals surface area contributed by atoms with E-state index < -0.39 is 0 Å². The van der Waals surface area contributed by atoms with Crippen molar-refractivity contribution in [1.82, 2.24) is 10.0 Å². The summed E-state index contributed by atoms with van der Waals surface area (Å²) in [6, 6.07) is 0. The van der Waals surface area contributed by atoms with Crippen LogP contribution in [0.25, 0.3) is 0 Å². The van der Waals surface area contributed by atoms with Crippen LogP contribution in [0.15, 0.2) is 0 Å². The number of piperidine rings is 1. The van der Waals surface area contributed by atoms with Gasteiger partial charge in [0, 0.05) is 26.2 Å². The summed E-state index contributed by atoms with van der Waals surface area (Å²) in [5.74, 6) is 0. The zero-order valence-electron chi connectivity index (χ0n) is 8.22. The van der Waals surface area contributed by atoms with Crippen molar-refractivity contribution in [1.29, 1.82) is 0 Å². The molecule has 0 radical (unpaired) electrons. The Bertz CT molecular complexity index is 130. The lowest BCUT2D eigenvalue weighted by Gasteiger charge is -2.45. The largest absolute Gasteiger partial charge is 0.247 e. The minimum Gasteiger partial charge on any atom is -0.247 e. The molecule has 0 aromatic carbocycles. The Morgan fingerprint density at radius 1 is 1.18 bits per heavy atom. The maximum absolute atomic E-state index is 2.45. The fraction of sp³-hybridized carbons (Fsp3) is 1.00. The van der Waals surface area contributed by atoms with Crippen LogP contribution < -0.4 is 0 Å². The van der Waals surface area contributed by atoms with Crippen molar-refractivity contribution >= 4 is 0 Å². The van der Waals surface area contributed by atoms with Crippen LogP contribution in [0.5, 0.6) is 0 Å². The third-order valence-electron chi connectivity index (χ3n) is 2.59. The molecule has 0 N–H and O–H groups in total. The van der Waals surface area contributed by atoms with Gasteiger partial charge in [-0.25, -0.2) is 10.0 Å². The molecule has 1 fully saturated rings. The Kier molecular flexibility index (Phi) is 2.55. The van der Waals surface area contributed by atoms with E-state index in [1.54, 1.807) is 0 Å². The zero-order chi connectivity index (χ0) is 8.48. The molecule has 1 aliphatic rings. The normalized spacial score (nSPS) is 25.9. The van der Waals surface area contributed by atoms with Crippen LogP contribution in [0.4, 0.5) is 0 Å². The molecular formula is C9H20N2. The van der Waals surface area contributed by atoms with Gasteiger partial charge >= 0.3 is 0 Å². The van der Waals surface area contributed by atoms with Crippen molar-refractivity contribution in [3.8, 4) is 0 Å². The fourth-order valence-corrected chi connectivity index (χ4v) is 1.99. The van der Waals surface area contributed by atoms with Crippen molar-refractivity contribution < 1.29 is 0 Å². The van der Waals surface area contributed by atoms with Gasteiger partial charge in [-0.05, 0) is 26.7 Å². The van der Waals surface area contributed by atoms with E-state index in [2.05, 4.69) is 38.0 Å². The predicted octanol–water partition coefficient (Wildman–Crippen LogP) is 1.73. The summed E-state index contributed by atoms with van der Waals surface area (Å²) < 4.78 is 0. The molecule has 0 unspecified atom stereocenters. The molecular weight excluding hydrogens is 136 g/mol. The van der Waals surface area contributed by atoms with E-state index in [-0.39, 0.29) is 0 Å². The number of hydrogen-bond donors (Lipinski definition) is 0. The second-order valence-corrected chi connectivity index (χ2v) is 4.24. The van der Waals surface area contributed by atoms with E-state index in [1.165, 1.54) is 25.8 Å². The molecule has 0 amide bonds. The Hall–Kier alpha value is -0.0800. The molecule has 2 nitrogen and oxygen atoms in total. The summed E-state index contributed by atoms with van der Waals surface area (Å²) in [5.41, 5.74) is 0.377. The van der Waals surface area contributed by atoms with Gasteiger partial charge < -0.3 is 0 Å². The quantitative estimate of drug-likeness (QED) is 0.570. The molecule has 11 heavy (non-hydrogen) atoms. The van der Waals surface area contributed by atoms with E-state index in [1.807, 2.05) is 0 Å². The van der Waals surface area contributed by atoms with Crippen molar-refractivity contribution in [2.24, 2.45) is 0 Å². The Morgan fingerprint density at radius 3 is 2.18 bits per heavy atom. The second kappa shape index (κ2) is 3.11. The third kappa shape index (κ3) is 1.94. The summed E-state index contributed by atoms with van der Waals surface area (Å²) in [7, 11) is 4.26. The highest BCUT2D eigenvalue weighted by molar-refractivity contribution is 4.82. The Morgan fingerprint density at radius 2 is 1.82 bits per heavy atom. The summed E-state index contributed by atoms with van der Waals surface area (Å²) in [5, 5.41) is 4.68. The van der Waals surface area contributed by atoms with Crippen molar-refractivity contribution in [3.05, 3.63) is 0 Å². The topological polar surface area (TPSA) is 6.48 Å². The average molecular weight is 156 g/mol. The minimum atomic E-state index is 0.377. The standard InChI is InChI=1S/C9H20N2/c1-9(2)7-5-6-8-11(9)10(3)4/h5-8H2,1-4H3. The van der Waals surface area contributed by atoms with Gasteiger partial charge in [0.2, 0.25) is 0 Å². The highest BCUT2D eigenvalue weighted by Crippen LogP contribution is 2.27. The van der Waals surface area contributed by atoms with Gasteiger partial charge in [-0.1, -0.05) is 6.42 Å². The van der Waals surface area contributed by atoms with Crippen LogP contribution in [-0.4, -0.2) is 36.2 Å². The lowest BCUT2D eigenvalue weighted by atomic mass is 9.92. The number of hydrogen-bond acceptors (Lipinski definition) is 2. The van der Waals surface area contributed by atoms with E-state index in [0.29, 0.717) is 5.54 Å². The van der Waals surface area contributed by atoms with Crippen LogP contribution >= 0.6 is 0 Å². The zero-order valence-corrected chi connectivity index (χ0v) is 8.22. The number of hydrazine groups is 1. The summed E-state index contributed by atoms with van der Waals surface area (Å²) in [6.45, 7) is 5.87. The lowest BCUT2D eigenvalue weighted by molar-refractivity contribution is -0.0834. The van der Waals surface area contributed by atoms with Crippen LogP contribution in [0, 0.1) is 0 Å². The van der Waals surface area contributed by atoms with E-state index >= 15 is 0 Å². The smallest absolute Gasteiger partial charge is 0.0300 e. The van der Waals surface area contributed by atoms with Crippen LogP contribution in [-0.2, 0) is 0 Å². The van der Waals surface area contributed by atoms with Crippen LogP contribution in [0.3, 0.4) is 0 Å². The van der Waals surface area contributed by atoms with Gasteiger partial charge in [0.05, 0.1) is 0 Å². The third-order valence-corrected chi connectivity index (χ3v) is 2.59. The first-order valence-electron chi connectivity index (χ1n) is 4.49. The van der Waals surface area contributed by atoms with Crippen molar-refractivity contribution in [2.45, 2.75) is 38.6 Å². The number of rotatable bonds is 1. The van der Waals surface area contributed by atoms with Crippen LogP contribution in [0.1, 0.15) is 33.1 Å². The van der Waals surface area contributed by atoms with Crippen molar-refractivity contribution in [2.75, 3.05) is 20.6 Å². The molecule has 0 atom stereocenters. The molecule has 1 rings (SSSR count). The first-order valence-corrected chi connectivity index (χ1v) is 4.49. The highest BCUT2D eigenvalue weighted by Gasteiger charge is 2.30. The minimum absolute atomic E-state index is 0.377. The monoisotopic (exact) mass is 156 g/mol. The Labute approximate surface area is 70.1 Å². The maximum Gasteiger partial charge on any atom is 0.0300 e. The molecule has 0 aliphatic carbocycles. The second-order valence-electron chi connectivity index (χ2n) is 4.24. The molecule has 1 saturated heterocycles. The van der Waals surface area contributed by atoms with Gasteiger partial charge in [0.25, 0.3) is 0 Å². The van der Waals surface area contributed by atoms with Gasteiger partial charge in [-0.3, -0.25) is 0 Å². The Balaban J connectivity index is 2.60. The predicted molar refractivity (Wildman–Crippen MR) is 48.3 cm³/mol. The van der Waals surface area contributed by atoms with E-state index in [4.69, 9.17) is 0 Å². The molecule has 0 saturated carbocycles. The van der Waals surface area contributed by atoms with Gasteiger partial charge in [-0.2, -0.15) is 0 Å². The summed E-state index contributed by atoms with van der Waals surface area (Å²) in [4.78, 5) is 0. The van der Waals surface area contributed by atoms with Gasteiger partial charge in [0.15, 0.2) is 0 Å². The molecule has 66 valence electrons. The maximum atomic E-state index is 2.45. The highest BCUT2D eigenvalue weighted by atomic mass is 15.6. The fourth-order valence-electron chi connectivity index (χ4n) is 1.99. The van der Waals surface area contributed by atoms with Gasteiger partial charge in [-0.15, -0.1) is 0 Å². The van der Waals surface area contributed by atoms with E-state index in [0.717, 1.165) is 0 Å². The van der Waals surface area contributed by atoms with Crippen LogP contribution in [0.2, 0.25) is 0 Å². The molecule has 0 aromatic rings. The molecule has 1 heterocycles. The first kappa shape index (κ1) is 9.01. The average Bonchev–Trinajstić information content (AvgIpc) is 1.85. The SMILES string of the molecule is CN(C)N1CCCCC1(C)C. The van der Waals surface area contributed by atoms with Crippen molar-refractivity contribution in [3.63, 3.8) is 0 Å². The molecule has 0 aromatic heterocycles. The molecule has 0 bridgehead atoms. The van der Waals surface area contributed by atoms with Gasteiger partial charge in [0.1, 0.15) is 0 Å². The molecule has 2 heteroatoms. The first-order chi connectivity index (χ1) is 5.04. The molecule has 0 spiro atoms. The summed E-state index contributed by atoms with van der Waals surface area (Å²) in [6.07, 6.45) is 4.06. The lowest BCUT2D eigenvalue weighted by Crippen LogP contribution is -2.53. The number of nitrogens with zero attached hydrogens (tertiary/aromatic N) is 2.